The van der Waals surface area contributed by atoms with Crippen LogP contribution in [-0.4, -0.2) is 43.2 Å². The van der Waals surface area contributed by atoms with Crippen molar-refractivity contribution in [2.75, 3.05) is 21.0 Å². The van der Waals surface area contributed by atoms with E-state index in [2.05, 4.69) is 15.1 Å². The zero-order valence-electron chi connectivity index (χ0n) is 15.6. The lowest BCUT2D eigenvalue weighted by atomic mass is 10.0. The van der Waals surface area contributed by atoms with Gasteiger partial charge in [-0.1, -0.05) is 29.4 Å². The Morgan fingerprint density at radius 2 is 1.96 bits per heavy atom. The summed E-state index contributed by atoms with van der Waals surface area (Å²) < 4.78 is 15.1. The smallest absolute Gasteiger partial charge is 0.341 e. The number of rotatable bonds is 8. The lowest BCUT2D eigenvalue weighted by Gasteiger charge is -2.08. The van der Waals surface area contributed by atoms with Crippen LogP contribution in [0.5, 0.6) is 5.88 Å². The summed E-state index contributed by atoms with van der Waals surface area (Å²) in [7, 11) is 2.76. The third-order valence-corrected chi connectivity index (χ3v) is 3.59. The van der Waals surface area contributed by atoms with Crippen molar-refractivity contribution >= 4 is 17.8 Å². The average Bonchev–Trinajstić information content (AvgIpc) is 2.68. The van der Waals surface area contributed by atoms with Gasteiger partial charge in [-0.15, -0.1) is 0 Å². The Morgan fingerprint density at radius 3 is 2.67 bits per heavy atom. The summed E-state index contributed by atoms with van der Waals surface area (Å²) in [5, 5.41) is 3.87. The molecule has 0 unspecified atom stereocenters. The minimum Gasteiger partial charge on any atom is -0.503 e. The van der Waals surface area contributed by atoms with Crippen molar-refractivity contribution < 1.29 is 23.8 Å². The first-order chi connectivity index (χ1) is 13.1. The van der Waals surface area contributed by atoms with E-state index in [1.807, 2.05) is 19.9 Å². The summed E-state index contributed by atoms with van der Waals surface area (Å²) in [6.07, 6.45) is 4.31. The molecular formula is C19H21N3O5. The number of esters is 1. The van der Waals surface area contributed by atoms with Crippen LogP contribution in [0.25, 0.3) is 5.57 Å². The third-order valence-electron chi connectivity index (χ3n) is 3.59. The normalized spacial score (nSPS) is 11.3. The van der Waals surface area contributed by atoms with E-state index in [4.69, 9.17) is 19.0 Å². The molecular weight excluding hydrogens is 350 g/mol. The molecule has 8 heteroatoms. The van der Waals surface area contributed by atoms with Crippen molar-refractivity contribution in [2.24, 2.45) is 5.16 Å². The largest absolute Gasteiger partial charge is 0.503 e. The van der Waals surface area contributed by atoms with Gasteiger partial charge in [-0.05, 0) is 13.8 Å². The van der Waals surface area contributed by atoms with E-state index >= 15 is 0 Å². The van der Waals surface area contributed by atoms with Gasteiger partial charge in [0.25, 0.3) is 6.79 Å². The zero-order valence-corrected chi connectivity index (χ0v) is 15.6. The summed E-state index contributed by atoms with van der Waals surface area (Å²) in [6, 6.07) is 7.14. The first kappa shape index (κ1) is 19.9. The minimum atomic E-state index is -0.518. The van der Waals surface area contributed by atoms with E-state index < -0.39 is 5.97 Å². The average molecular weight is 371 g/mol. The molecule has 0 amide bonds. The van der Waals surface area contributed by atoms with Gasteiger partial charge in [0.1, 0.15) is 5.57 Å². The summed E-state index contributed by atoms with van der Waals surface area (Å²) in [4.78, 5) is 25.4. The van der Waals surface area contributed by atoms with E-state index in [-0.39, 0.29) is 12.4 Å². The molecule has 0 aliphatic heterocycles. The summed E-state index contributed by atoms with van der Waals surface area (Å²) in [5.41, 5.74) is 3.13. The molecule has 27 heavy (non-hydrogen) atoms. The lowest BCUT2D eigenvalue weighted by Crippen LogP contribution is -2.07. The standard InChI is InChI=1S/C19H21N3O5/c1-13-14(2)22-18(10-20-13)26-12-27-21-9-15-7-5-6-8-16(15)17(11-24-3)19(23)25-4/h5-11H,12H2,1-4H3/b17-11+,21-9+. The molecule has 0 N–H and O–H groups in total. The van der Waals surface area contributed by atoms with Crippen molar-refractivity contribution in [1.29, 1.82) is 0 Å². The number of hydrogen-bond acceptors (Lipinski definition) is 8. The molecule has 8 nitrogen and oxygen atoms in total. The number of carbonyl (C=O) groups excluding carboxylic acids is 1. The molecule has 1 aromatic heterocycles. The van der Waals surface area contributed by atoms with Crippen LogP contribution in [0.1, 0.15) is 22.5 Å². The Bertz CT molecular complexity index is 849. The number of hydrogen-bond donors (Lipinski definition) is 0. The van der Waals surface area contributed by atoms with Crippen LogP contribution in [0.15, 0.2) is 41.9 Å². The van der Waals surface area contributed by atoms with E-state index in [1.165, 1.54) is 32.9 Å². The Kier molecular flexibility index (Phi) is 7.30. The van der Waals surface area contributed by atoms with Crippen molar-refractivity contribution in [1.82, 2.24) is 9.97 Å². The molecule has 2 rings (SSSR count). The Hall–Kier alpha value is -3.42. The van der Waals surface area contributed by atoms with Crippen molar-refractivity contribution in [3.05, 3.63) is 59.2 Å². The van der Waals surface area contributed by atoms with Crippen LogP contribution in [0.3, 0.4) is 0 Å². The molecule has 1 aromatic carbocycles. The molecule has 0 saturated heterocycles. The minimum absolute atomic E-state index is 0.131. The van der Waals surface area contributed by atoms with Gasteiger partial charge in [-0.25, -0.2) is 9.78 Å². The first-order valence-electron chi connectivity index (χ1n) is 8.06. The highest BCUT2D eigenvalue weighted by molar-refractivity contribution is 6.18. The van der Waals surface area contributed by atoms with Gasteiger partial charge in [0, 0.05) is 11.1 Å². The number of carbonyl (C=O) groups is 1. The van der Waals surface area contributed by atoms with Gasteiger partial charge in [0.05, 0.1) is 44.3 Å². The van der Waals surface area contributed by atoms with Gasteiger partial charge in [-0.3, -0.25) is 4.98 Å². The quantitative estimate of drug-likeness (QED) is 0.134. The Balaban J connectivity index is 2.03. The number of aryl methyl sites for hydroxylation is 2. The lowest BCUT2D eigenvalue weighted by molar-refractivity contribution is -0.133. The molecule has 0 aliphatic carbocycles. The van der Waals surface area contributed by atoms with Crippen LogP contribution in [-0.2, 0) is 19.1 Å². The van der Waals surface area contributed by atoms with Gasteiger partial charge < -0.3 is 19.0 Å². The molecule has 0 aliphatic rings. The fraction of sp³-hybridized carbons (Fsp3) is 0.263. The summed E-state index contributed by atoms with van der Waals surface area (Å²) >= 11 is 0. The molecule has 0 saturated carbocycles. The maximum atomic E-state index is 12.0. The second-order valence-corrected chi connectivity index (χ2v) is 5.35. The zero-order chi connectivity index (χ0) is 19.6. The van der Waals surface area contributed by atoms with Crippen LogP contribution >= 0.6 is 0 Å². The number of aromatic nitrogens is 2. The molecule has 0 radical (unpaired) electrons. The number of nitrogens with zero attached hydrogens (tertiary/aromatic N) is 3. The van der Waals surface area contributed by atoms with Crippen molar-refractivity contribution in [3.8, 4) is 5.88 Å². The fourth-order valence-corrected chi connectivity index (χ4v) is 2.11. The summed E-state index contributed by atoms with van der Waals surface area (Å²) in [6.45, 7) is 3.58. The first-order valence-corrected chi connectivity index (χ1v) is 8.06. The van der Waals surface area contributed by atoms with E-state index in [0.717, 1.165) is 11.4 Å². The fourth-order valence-electron chi connectivity index (χ4n) is 2.11. The SMILES string of the molecule is CO/C=C(/C(=O)OC)c1ccccc1/C=N/OCOc1cnc(C)c(C)n1. The second kappa shape index (κ2) is 9.91. The maximum Gasteiger partial charge on any atom is 0.341 e. The van der Waals surface area contributed by atoms with Gasteiger partial charge in [-0.2, -0.15) is 0 Å². The Labute approximate surface area is 157 Å². The Morgan fingerprint density at radius 1 is 1.19 bits per heavy atom. The molecule has 2 aromatic rings. The molecule has 0 bridgehead atoms. The van der Waals surface area contributed by atoms with Crippen LogP contribution in [0.4, 0.5) is 0 Å². The second-order valence-electron chi connectivity index (χ2n) is 5.35. The number of oxime groups is 1. The highest BCUT2D eigenvalue weighted by Crippen LogP contribution is 2.19. The van der Waals surface area contributed by atoms with Gasteiger partial charge in [0.15, 0.2) is 0 Å². The van der Waals surface area contributed by atoms with Gasteiger partial charge >= 0.3 is 5.97 Å². The van der Waals surface area contributed by atoms with Crippen LogP contribution in [0.2, 0.25) is 0 Å². The monoisotopic (exact) mass is 371 g/mol. The molecule has 1 heterocycles. The highest BCUT2D eigenvalue weighted by Gasteiger charge is 2.15. The van der Waals surface area contributed by atoms with Gasteiger partial charge in [0.2, 0.25) is 5.88 Å². The molecule has 0 spiro atoms. The van der Waals surface area contributed by atoms with Crippen molar-refractivity contribution in [2.45, 2.75) is 13.8 Å². The molecule has 0 atom stereocenters. The highest BCUT2D eigenvalue weighted by atomic mass is 16.7. The topological polar surface area (TPSA) is 92.1 Å². The molecule has 0 fully saturated rings. The predicted molar refractivity (Wildman–Crippen MR) is 99.1 cm³/mol. The van der Waals surface area contributed by atoms with Crippen molar-refractivity contribution in [3.63, 3.8) is 0 Å². The van der Waals surface area contributed by atoms with E-state index in [0.29, 0.717) is 17.0 Å². The maximum absolute atomic E-state index is 12.0. The van der Waals surface area contributed by atoms with Crippen LogP contribution in [0, 0.1) is 13.8 Å². The van der Waals surface area contributed by atoms with E-state index in [9.17, 15) is 4.79 Å². The van der Waals surface area contributed by atoms with E-state index in [1.54, 1.807) is 18.2 Å². The number of benzene rings is 1. The summed E-state index contributed by atoms with van der Waals surface area (Å²) in [5.74, 6) is -0.167. The predicted octanol–water partition coefficient (Wildman–Crippen LogP) is 2.64. The third kappa shape index (κ3) is 5.53. The molecule has 142 valence electrons. The van der Waals surface area contributed by atoms with Crippen LogP contribution < -0.4 is 4.74 Å². The number of methoxy groups -OCH3 is 2. The number of ether oxygens (including phenoxy) is 3.